The molecule has 1 aromatic heterocycles. The summed E-state index contributed by atoms with van der Waals surface area (Å²) in [5.41, 5.74) is 0. The van der Waals surface area contributed by atoms with Crippen molar-refractivity contribution < 1.29 is 4.52 Å². The van der Waals surface area contributed by atoms with Crippen molar-refractivity contribution in [1.29, 1.82) is 0 Å². The quantitative estimate of drug-likeness (QED) is 0.708. The molecule has 0 atom stereocenters. The number of aryl methyl sites for hydroxylation is 1. The number of nitrogens with one attached hydrogen (secondary N) is 1. The molecule has 0 radical (unpaired) electrons. The molecule has 16 heavy (non-hydrogen) atoms. The van der Waals surface area contributed by atoms with Crippen LogP contribution in [0.3, 0.4) is 0 Å². The number of nitrogens with zero attached hydrogens (tertiary/aromatic N) is 3. The van der Waals surface area contributed by atoms with Crippen LogP contribution in [0, 0.1) is 6.92 Å². The Morgan fingerprint density at radius 1 is 1.44 bits per heavy atom. The third-order valence-corrected chi connectivity index (χ3v) is 2.60. The first kappa shape index (κ1) is 13.1. The van der Waals surface area contributed by atoms with Gasteiger partial charge in [-0.15, -0.1) is 0 Å². The first-order chi connectivity index (χ1) is 7.59. The van der Waals surface area contributed by atoms with Crippen molar-refractivity contribution in [3.63, 3.8) is 0 Å². The summed E-state index contributed by atoms with van der Waals surface area (Å²) in [6, 6.07) is 0.611. The van der Waals surface area contributed by atoms with Gasteiger partial charge in [0.25, 0.3) is 0 Å². The van der Waals surface area contributed by atoms with Crippen LogP contribution in [0.25, 0.3) is 0 Å². The number of hydrogen-bond acceptors (Lipinski definition) is 5. The lowest BCUT2D eigenvalue weighted by atomic mass is 10.3. The molecule has 0 aromatic carbocycles. The predicted molar refractivity (Wildman–Crippen MR) is 63.1 cm³/mol. The average Bonchev–Trinajstić information content (AvgIpc) is 2.63. The topological polar surface area (TPSA) is 54.2 Å². The van der Waals surface area contributed by atoms with Crippen LogP contribution in [0.15, 0.2) is 4.52 Å². The van der Waals surface area contributed by atoms with Crippen molar-refractivity contribution in [2.45, 2.75) is 39.8 Å². The second-order valence-electron chi connectivity index (χ2n) is 4.33. The number of hydrogen-bond donors (Lipinski definition) is 1. The summed E-state index contributed by atoms with van der Waals surface area (Å²) in [5.74, 6) is 1.35. The van der Waals surface area contributed by atoms with Gasteiger partial charge in [-0.2, -0.15) is 4.98 Å². The van der Waals surface area contributed by atoms with Crippen molar-refractivity contribution >= 4 is 0 Å². The molecule has 1 aromatic rings. The minimum Gasteiger partial charge on any atom is -0.340 e. The summed E-state index contributed by atoms with van der Waals surface area (Å²) >= 11 is 0. The summed E-state index contributed by atoms with van der Waals surface area (Å²) in [7, 11) is 2.15. The Kier molecular flexibility index (Phi) is 5.42. The molecular formula is C11H22N4O. The van der Waals surface area contributed by atoms with Crippen LogP contribution in [0.2, 0.25) is 0 Å². The van der Waals surface area contributed by atoms with E-state index in [1.165, 1.54) is 0 Å². The van der Waals surface area contributed by atoms with Gasteiger partial charge in [0.2, 0.25) is 5.89 Å². The van der Waals surface area contributed by atoms with Gasteiger partial charge in [0.1, 0.15) is 0 Å². The van der Waals surface area contributed by atoms with Crippen LogP contribution < -0.4 is 5.32 Å². The molecule has 0 spiro atoms. The Balaban J connectivity index is 2.04. The fourth-order valence-electron chi connectivity index (χ4n) is 1.32. The maximum absolute atomic E-state index is 4.88. The van der Waals surface area contributed by atoms with E-state index in [0.29, 0.717) is 18.5 Å². The normalized spacial score (nSPS) is 11.6. The maximum atomic E-state index is 4.88. The van der Waals surface area contributed by atoms with E-state index in [1.807, 2.05) is 0 Å². The molecule has 1 rings (SSSR count). The Bertz CT molecular complexity index is 298. The molecular weight excluding hydrogens is 204 g/mol. The highest BCUT2D eigenvalue weighted by molar-refractivity contribution is 4.82. The van der Waals surface area contributed by atoms with E-state index >= 15 is 0 Å². The van der Waals surface area contributed by atoms with Gasteiger partial charge in [0.15, 0.2) is 5.82 Å². The number of aromatic nitrogens is 2. The zero-order valence-electron chi connectivity index (χ0n) is 10.7. The highest BCUT2D eigenvalue weighted by Crippen LogP contribution is 1.96. The molecule has 0 saturated heterocycles. The third kappa shape index (κ3) is 4.72. The van der Waals surface area contributed by atoms with Gasteiger partial charge in [-0.25, -0.2) is 0 Å². The van der Waals surface area contributed by atoms with E-state index in [2.05, 4.69) is 41.3 Å². The van der Waals surface area contributed by atoms with Crippen molar-refractivity contribution in [2.75, 3.05) is 20.1 Å². The van der Waals surface area contributed by atoms with Gasteiger partial charge in [-0.1, -0.05) is 5.16 Å². The molecule has 0 aliphatic heterocycles. The Morgan fingerprint density at radius 2 is 2.19 bits per heavy atom. The Morgan fingerprint density at radius 3 is 2.75 bits per heavy atom. The second-order valence-corrected chi connectivity index (χ2v) is 4.33. The first-order valence-corrected chi connectivity index (χ1v) is 5.79. The van der Waals surface area contributed by atoms with Crippen LogP contribution >= 0.6 is 0 Å². The Hall–Kier alpha value is -0.940. The van der Waals surface area contributed by atoms with Crippen molar-refractivity contribution in [1.82, 2.24) is 20.4 Å². The van der Waals surface area contributed by atoms with Crippen LogP contribution in [0.1, 0.15) is 32.0 Å². The smallest absolute Gasteiger partial charge is 0.223 e. The van der Waals surface area contributed by atoms with E-state index in [1.54, 1.807) is 6.92 Å². The molecule has 1 N–H and O–H groups in total. The molecule has 5 nitrogen and oxygen atoms in total. The fourth-order valence-corrected chi connectivity index (χ4v) is 1.32. The van der Waals surface area contributed by atoms with Crippen molar-refractivity contribution in [3.05, 3.63) is 11.7 Å². The lowest BCUT2D eigenvalue weighted by Gasteiger charge is -2.20. The SMILES string of the molecule is Cc1nc(CNCCCN(C)C(C)C)no1. The molecule has 0 saturated carbocycles. The molecule has 0 bridgehead atoms. The van der Waals surface area contributed by atoms with E-state index in [9.17, 15) is 0 Å². The molecule has 92 valence electrons. The van der Waals surface area contributed by atoms with Gasteiger partial charge >= 0.3 is 0 Å². The van der Waals surface area contributed by atoms with Gasteiger partial charge in [0.05, 0.1) is 6.54 Å². The van der Waals surface area contributed by atoms with Crippen molar-refractivity contribution in [2.24, 2.45) is 0 Å². The molecule has 0 fully saturated rings. The van der Waals surface area contributed by atoms with Crippen LogP contribution in [-0.2, 0) is 6.54 Å². The highest BCUT2D eigenvalue weighted by Gasteiger charge is 2.03. The lowest BCUT2D eigenvalue weighted by molar-refractivity contribution is 0.269. The average molecular weight is 226 g/mol. The summed E-state index contributed by atoms with van der Waals surface area (Å²) in [6.07, 6.45) is 1.13. The summed E-state index contributed by atoms with van der Waals surface area (Å²) < 4.78 is 4.88. The van der Waals surface area contributed by atoms with Crippen LogP contribution in [-0.4, -0.2) is 41.2 Å². The van der Waals surface area contributed by atoms with E-state index < -0.39 is 0 Å². The number of rotatable bonds is 7. The fraction of sp³-hybridized carbons (Fsp3) is 0.818. The summed E-state index contributed by atoms with van der Waals surface area (Å²) in [4.78, 5) is 6.45. The second kappa shape index (κ2) is 6.60. The largest absolute Gasteiger partial charge is 0.340 e. The van der Waals surface area contributed by atoms with Gasteiger partial charge in [-0.05, 0) is 40.4 Å². The monoisotopic (exact) mass is 226 g/mol. The van der Waals surface area contributed by atoms with Gasteiger partial charge < -0.3 is 14.7 Å². The Labute approximate surface area is 97.2 Å². The summed E-state index contributed by atoms with van der Waals surface area (Å²) in [6.45, 7) is 8.97. The highest BCUT2D eigenvalue weighted by atomic mass is 16.5. The predicted octanol–water partition coefficient (Wildman–Crippen LogP) is 1.20. The summed E-state index contributed by atoms with van der Waals surface area (Å²) in [5, 5.41) is 7.12. The van der Waals surface area contributed by atoms with Crippen LogP contribution in [0.5, 0.6) is 0 Å². The van der Waals surface area contributed by atoms with Crippen molar-refractivity contribution in [3.8, 4) is 0 Å². The maximum Gasteiger partial charge on any atom is 0.223 e. The first-order valence-electron chi connectivity index (χ1n) is 5.79. The minimum absolute atomic E-state index is 0.611. The zero-order chi connectivity index (χ0) is 12.0. The zero-order valence-corrected chi connectivity index (χ0v) is 10.7. The lowest BCUT2D eigenvalue weighted by Crippen LogP contribution is -2.29. The molecule has 1 heterocycles. The van der Waals surface area contributed by atoms with Gasteiger partial charge in [0, 0.05) is 13.0 Å². The molecule has 5 heteroatoms. The van der Waals surface area contributed by atoms with E-state index in [0.717, 1.165) is 25.3 Å². The standard InChI is InChI=1S/C11H22N4O/c1-9(2)15(4)7-5-6-12-8-11-13-10(3)16-14-11/h9,12H,5-8H2,1-4H3. The molecule has 0 aliphatic rings. The molecule has 0 unspecified atom stereocenters. The van der Waals surface area contributed by atoms with Crippen LogP contribution in [0.4, 0.5) is 0 Å². The van der Waals surface area contributed by atoms with E-state index in [4.69, 9.17) is 4.52 Å². The van der Waals surface area contributed by atoms with Gasteiger partial charge in [-0.3, -0.25) is 0 Å². The molecule has 0 aliphatic carbocycles. The third-order valence-electron chi connectivity index (χ3n) is 2.60. The van der Waals surface area contributed by atoms with E-state index in [-0.39, 0.29) is 0 Å². The minimum atomic E-state index is 0.611. The molecule has 0 amide bonds.